The summed E-state index contributed by atoms with van der Waals surface area (Å²) in [5, 5.41) is 0. The van der Waals surface area contributed by atoms with E-state index in [4.69, 9.17) is 4.74 Å². The van der Waals surface area contributed by atoms with Gasteiger partial charge in [-0.1, -0.05) is 0 Å². The van der Waals surface area contributed by atoms with Gasteiger partial charge >= 0.3 is 6.18 Å². The van der Waals surface area contributed by atoms with Crippen molar-refractivity contribution in [1.82, 2.24) is 19.9 Å². The van der Waals surface area contributed by atoms with Gasteiger partial charge in [0.15, 0.2) is 0 Å². The van der Waals surface area contributed by atoms with E-state index < -0.39 is 11.7 Å². The number of alkyl halides is 3. The Kier molecular flexibility index (Phi) is 3.79. The van der Waals surface area contributed by atoms with Crippen LogP contribution < -0.4 is 4.90 Å². The summed E-state index contributed by atoms with van der Waals surface area (Å²) in [6, 6.07) is 3.42. The van der Waals surface area contributed by atoms with Crippen molar-refractivity contribution >= 4 is 17.0 Å². The van der Waals surface area contributed by atoms with E-state index in [1.807, 2.05) is 4.90 Å². The van der Waals surface area contributed by atoms with Crippen LogP contribution in [-0.2, 0) is 10.9 Å². The fourth-order valence-corrected chi connectivity index (χ4v) is 2.69. The van der Waals surface area contributed by atoms with Crippen molar-refractivity contribution in [2.45, 2.75) is 6.18 Å². The van der Waals surface area contributed by atoms with Crippen molar-refractivity contribution < 1.29 is 17.9 Å². The fraction of sp³-hybridized carbons (Fsp3) is 0.312. The first-order chi connectivity index (χ1) is 12.0. The number of nitrogens with one attached hydrogen (secondary N) is 1. The molecule has 25 heavy (non-hydrogen) atoms. The van der Waals surface area contributed by atoms with Gasteiger partial charge in [-0.3, -0.25) is 0 Å². The van der Waals surface area contributed by atoms with Gasteiger partial charge in [-0.15, -0.1) is 0 Å². The van der Waals surface area contributed by atoms with Gasteiger partial charge in [-0.25, -0.2) is 15.0 Å². The number of fused-ring (bicyclic) bond motifs is 1. The molecule has 1 saturated heterocycles. The quantitative estimate of drug-likeness (QED) is 0.771. The van der Waals surface area contributed by atoms with Crippen LogP contribution in [-0.4, -0.2) is 46.2 Å². The van der Waals surface area contributed by atoms with Crippen LogP contribution in [0.1, 0.15) is 5.56 Å². The summed E-state index contributed by atoms with van der Waals surface area (Å²) < 4.78 is 43.7. The number of morpholine rings is 1. The molecular formula is C16H14F3N5O. The minimum absolute atomic E-state index is 0.321. The minimum atomic E-state index is -4.39. The Bertz CT molecular complexity index is 885. The molecule has 3 heterocycles. The number of aromatic amines is 1. The average molecular weight is 349 g/mol. The van der Waals surface area contributed by atoms with E-state index in [1.165, 1.54) is 6.07 Å². The number of imidazole rings is 1. The van der Waals surface area contributed by atoms with Gasteiger partial charge < -0.3 is 14.6 Å². The molecule has 0 bridgehead atoms. The molecule has 0 aliphatic carbocycles. The predicted octanol–water partition coefficient (Wildman–Crippen LogP) is 2.88. The second-order valence-corrected chi connectivity index (χ2v) is 5.69. The zero-order chi connectivity index (χ0) is 17.4. The van der Waals surface area contributed by atoms with Crippen LogP contribution in [0.5, 0.6) is 0 Å². The second-order valence-electron chi connectivity index (χ2n) is 5.69. The van der Waals surface area contributed by atoms with Gasteiger partial charge in [-0.05, 0) is 18.2 Å². The summed E-state index contributed by atoms with van der Waals surface area (Å²) in [5.41, 5.74) is 0.679. The Labute approximate surface area is 140 Å². The van der Waals surface area contributed by atoms with E-state index in [0.29, 0.717) is 41.6 Å². The molecule has 0 atom stereocenters. The molecule has 2 aromatic heterocycles. The van der Waals surface area contributed by atoms with Crippen LogP contribution in [0.3, 0.4) is 0 Å². The highest BCUT2D eigenvalue weighted by Crippen LogP contribution is 2.31. The third kappa shape index (κ3) is 3.14. The van der Waals surface area contributed by atoms with Crippen LogP contribution in [0.25, 0.3) is 22.4 Å². The highest BCUT2D eigenvalue weighted by atomic mass is 19.4. The number of ether oxygens (including phenoxy) is 1. The van der Waals surface area contributed by atoms with Crippen molar-refractivity contribution in [1.29, 1.82) is 0 Å². The molecule has 1 aliphatic heterocycles. The number of aromatic nitrogens is 4. The molecule has 1 aromatic carbocycles. The molecule has 0 spiro atoms. The van der Waals surface area contributed by atoms with Crippen molar-refractivity contribution in [3.63, 3.8) is 0 Å². The molecule has 1 fully saturated rings. The van der Waals surface area contributed by atoms with Gasteiger partial charge in [0.25, 0.3) is 0 Å². The van der Waals surface area contributed by atoms with E-state index >= 15 is 0 Å². The summed E-state index contributed by atoms with van der Waals surface area (Å²) >= 11 is 0. The summed E-state index contributed by atoms with van der Waals surface area (Å²) in [5.74, 6) is 1.03. The number of anilines is 1. The highest BCUT2D eigenvalue weighted by Gasteiger charge is 2.30. The van der Waals surface area contributed by atoms with E-state index in [0.717, 1.165) is 25.2 Å². The van der Waals surface area contributed by atoms with Gasteiger partial charge in [0.05, 0.1) is 35.4 Å². The molecule has 3 aromatic rings. The zero-order valence-corrected chi connectivity index (χ0v) is 13.0. The summed E-state index contributed by atoms with van der Waals surface area (Å²) in [6.07, 6.45) is -1.16. The molecule has 0 radical (unpaired) electrons. The molecule has 130 valence electrons. The molecular weight excluding hydrogens is 335 g/mol. The smallest absolute Gasteiger partial charge is 0.378 e. The van der Waals surface area contributed by atoms with E-state index in [9.17, 15) is 13.2 Å². The number of hydrogen-bond donors (Lipinski definition) is 1. The summed E-state index contributed by atoms with van der Waals surface area (Å²) in [4.78, 5) is 17.9. The lowest BCUT2D eigenvalue weighted by Gasteiger charge is -2.26. The molecule has 1 N–H and O–H groups in total. The second kappa shape index (κ2) is 5.99. The number of rotatable bonds is 2. The monoisotopic (exact) mass is 349 g/mol. The topological polar surface area (TPSA) is 66.9 Å². The zero-order valence-electron chi connectivity index (χ0n) is 13.0. The van der Waals surface area contributed by atoms with Crippen molar-refractivity contribution in [3.05, 3.63) is 36.2 Å². The van der Waals surface area contributed by atoms with Crippen LogP contribution in [0.4, 0.5) is 19.1 Å². The first kappa shape index (κ1) is 15.8. The lowest BCUT2D eigenvalue weighted by molar-refractivity contribution is -0.137. The maximum Gasteiger partial charge on any atom is 0.416 e. The number of benzene rings is 1. The fourth-order valence-electron chi connectivity index (χ4n) is 2.69. The Morgan fingerprint density at radius 1 is 1.08 bits per heavy atom. The van der Waals surface area contributed by atoms with Gasteiger partial charge in [0.2, 0.25) is 5.95 Å². The Morgan fingerprint density at radius 2 is 1.80 bits per heavy atom. The molecule has 0 saturated carbocycles. The van der Waals surface area contributed by atoms with Crippen LogP contribution in [0.15, 0.2) is 30.6 Å². The maximum absolute atomic E-state index is 12.8. The van der Waals surface area contributed by atoms with E-state index in [-0.39, 0.29) is 0 Å². The largest absolute Gasteiger partial charge is 0.416 e. The lowest BCUT2D eigenvalue weighted by Crippen LogP contribution is -2.37. The first-order valence-corrected chi connectivity index (χ1v) is 7.73. The molecule has 6 nitrogen and oxygen atoms in total. The van der Waals surface area contributed by atoms with E-state index in [1.54, 1.807) is 12.4 Å². The Balaban J connectivity index is 1.62. The minimum Gasteiger partial charge on any atom is -0.378 e. The van der Waals surface area contributed by atoms with Gasteiger partial charge in [-0.2, -0.15) is 13.2 Å². The summed E-state index contributed by atoms with van der Waals surface area (Å²) in [6.45, 7) is 2.72. The SMILES string of the molecule is FC(F)(F)c1ccc2nc(-c3cnc(N4CCOCC4)nc3)[nH]c2c1. The number of H-pyrrole nitrogens is 1. The molecule has 1 aliphatic rings. The van der Waals surface area contributed by atoms with Crippen LogP contribution >= 0.6 is 0 Å². The molecule has 0 amide bonds. The normalized spacial score (nSPS) is 15.7. The summed E-state index contributed by atoms with van der Waals surface area (Å²) in [7, 11) is 0. The molecule has 9 heteroatoms. The third-order valence-corrected chi connectivity index (χ3v) is 4.01. The van der Waals surface area contributed by atoms with Crippen LogP contribution in [0.2, 0.25) is 0 Å². The number of hydrogen-bond acceptors (Lipinski definition) is 5. The van der Waals surface area contributed by atoms with Gasteiger partial charge in [0.1, 0.15) is 5.82 Å². The average Bonchev–Trinajstić information content (AvgIpc) is 3.05. The van der Waals surface area contributed by atoms with Crippen molar-refractivity contribution in [2.24, 2.45) is 0 Å². The number of nitrogens with zero attached hydrogens (tertiary/aromatic N) is 4. The van der Waals surface area contributed by atoms with Crippen LogP contribution in [0, 0.1) is 0 Å². The third-order valence-electron chi connectivity index (χ3n) is 4.01. The Morgan fingerprint density at radius 3 is 2.48 bits per heavy atom. The lowest BCUT2D eigenvalue weighted by atomic mass is 10.2. The number of halogens is 3. The maximum atomic E-state index is 12.8. The highest BCUT2D eigenvalue weighted by molar-refractivity contribution is 5.80. The molecule has 4 rings (SSSR count). The van der Waals surface area contributed by atoms with Crippen molar-refractivity contribution in [3.8, 4) is 11.4 Å². The first-order valence-electron chi connectivity index (χ1n) is 7.73. The predicted molar refractivity (Wildman–Crippen MR) is 85.2 cm³/mol. The van der Waals surface area contributed by atoms with Gasteiger partial charge in [0, 0.05) is 25.5 Å². The molecule has 0 unspecified atom stereocenters. The van der Waals surface area contributed by atoms with Crippen molar-refractivity contribution in [2.75, 3.05) is 31.2 Å². The Hall–Kier alpha value is -2.68. The van der Waals surface area contributed by atoms with E-state index in [2.05, 4.69) is 19.9 Å². The standard InChI is InChI=1S/C16H14F3N5O/c17-16(18,19)11-1-2-12-13(7-11)23-14(22-12)10-8-20-15(21-9-10)24-3-5-25-6-4-24/h1-2,7-9H,3-6H2,(H,22,23).